The summed E-state index contributed by atoms with van der Waals surface area (Å²) in [6.45, 7) is 4.18. The summed E-state index contributed by atoms with van der Waals surface area (Å²) in [5.41, 5.74) is 5.94. The number of hydrogen-bond donors (Lipinski definition) is 2. The maximum atomic E-state index is 11.9. The van der Waals surface area contributed by atoms with Crippen molar-refractivity contribution in [2.24, 2.45) is 0 Å². The lowest BCUT2D eigenvalue weighted by atomic mass is 10.5. The van der Waals surface area contributed by atoms with E-state index in [0.717, 1.165) is 29.3 Å². The number of rotatable bonds is 7. The van der Waals surface area contributed by atoms with Crippen LogP contribution in [0, 0.1) is 6.92 Å². The van der Waals surface area contributed by atoms with Gasteiger partial charge in [-0.1, -0.05) is 18.3 Å². The summed E-state index contributed by atoms with van der Waals surface area (Å²) in [6.07, 6.45) is 0.824. The summed E-state index contributed by atoms with van der Waals surface area (Å²) in [4.78, 5) is 3.91. The normalized spacial score (nSPS) is 11.9. The van der Waals surface area contributed by atoms with Gasteiger partial charge in [0, 0.05) is 6.54 Å². The third-order valence-electron chi connectivity index (χ3n) is 1.98. The summed E-state index contributed by atoms with van der Waals surface area (Å²) < 4.78 is 26.6. The molecule has 1 aromatic heterocycles. The molecule has 5 nitrogen and oxygen atoms in total. The first-order valence-electron chi connectivity index (χ1n) is 5.27. The van der Waals surface area contributed by atoms with Crippen molar-refractivity contribution in [1.29, 1.82) is 0 Å². The first-order valence-corrected chi connectivity index (χ1v) is 8.73. The maximum Gasteiger partial charge on any atom is 0.252 e. The van der Waals surface area contributed by atoms with Crippen molar-refractivity contribution >= 4 is 38.3 Å². The molecule has 0 aliphatic heterocycles. The van der Waals surface area contributed by atoms with Crippen molar-refractivity contribution < 1.29 is 8.42 Å². The van der Waals surface area contributed by atoms with Crippen molar-refractivity contribution in [2.75, 3.05) is 23.8 Å². The van der Waals surface area contributed by atoms with E-state index in [4.69, 9.17) is 5.73 Å². The molecule has 0 atom stereocenters. The van der Waals surface area contributed by atoms with Gasteiger partial charge in [-0.2, -0.15) is 11.8 Å². The molecule has 1 rings (SSSR count). The van der Waals surface area contributed by atoms with E-state index in [2.05, 4.69) is 16.6 Å². The van der Waals surface area contributed by atoms with E-state index < -0.39 is 10.0 Å². The second kappa shape index (κ2) is 6.58. The van der Waals surface area contributed by atoms with Gasteiger partial charge in [-0.3, -0.25) is 0 Å². The molecule has 1 heterocycles. The zero-order chi connectivity index (χ0) is 12.9. The predicted molar refractivity (Wildman–Crippen MR) is 74.1 cm³/mol. The van der Waals surface area contributed by atoms with Gasteiger partial charge in [0.2, 0.25) is 0 Å². The third kappa shape index (κ3) is 4.46. The topological polar surface area (TPSA) is 85.1 Å². The molecule has 8 heteroatoms. The van der Waals surface area contributed by atoms with Crippen LogP contribution in [0.5, 0.6) is 0 Å². The number of hydrogen-bond acceptors (Lipinski definition) is 6. The zero-order valence-electron chi connectivity index (χ0n) is 9.89. The van der Waals surface area contributed by atoms with Gasteiger partial charge in [-0.25, -0.2) is 18.1 Å². The van der Waals surface area contributed by atoms with E-state index in [1.54, 1.807) is 18.7 Å². The van der Waals surface area contributed by atoms with Gasteiger partial charge in [-0.15, -0.1) is 0 Å². The fourth-order valence-electron chi connectivity index (χ4n) is 1.24. The van der Waals surface area contributed by atoms with Crippen LogP contribution in [0.15, 0.2) is 4.21 Å². The summed E-state index contributed by atoms with van der Waals surface area (Å²) in [5, 5.41) is 0.282. The molecule has 0 radical (unpaired) electrons. The lowest BCUT2D eigenvalue weighted by molar-refractivity contribution is 0.582. The van der Waals surface area contributed by atoms with Crippen molar-refractivity contribution in [1.82, 2.24) is 9.71 Å². The number of anilines is 1. The second-order valence-electron chi connectivity index (χ2n) is 3.37. The summed E-state index contributed by atoms with van der Waals surface area (Å²) >= 11 is 2.80. The highest BCUT2D eigenvalue weighted by Crippen LogP contribution is 2.24. The molecule has 0 aliphatic rings. The number of nitrogens with one attached hydrogen (secondary N) is 1. The molecule has 3 N–H and O–H groups in total. The van der Waals surface area contributed by atoms with Crippen LogP contribution >= 0.6 is 23.1 Å². The van der Waals surface area contributed by atoms with Crippen LogP contribution in [-0.4, -0.2) is 31.5 Å². The van der Waals surface area contributed by atoms with Crippen LogP contribution in [0.2, 0.25) is 0 Å². The molecule has 0 bridgehead atoms. The van der Waals surface area contributed by atoms with Gasteiger partial charge in [0.1, 0.15) is 0 Å². The molecule has 0 saturated carbocycles. The van der Waals surface area contributed by atoms with Gasteiger partial charge in [0.05, 0.1) is 5.69 Å². The predicted octanol–water partition coefficient (Wildman–Crippen LogP) is 1.46. The Morgan fingerprint density at radius 3 is 2.76 bits per heavy atom. The Morgan fingerprint density at radius 1 is 1.53 bits per heavy atom. The van der Waals surface area contributed by atoms with Gasteiger partial charge in [0.15, 0.2) is 9.34 Å². The number of thioether (sulfide) groups is 1. The zero-order valence-corrected chi connectivity index (χ0v) is 12.3. The van der Waals surface area contributed by atoms with E-state index in [1.807, 2.05) is 0 Å². The third-order valence-corrected chi connectivity index (χ3v) is 6.02. The van der Waals surface area contributed by atoms with Gasteiger partial charge in [0.25, 0.3) is 10.0 Å². The average Bonchev–Trinajstić information content (AvgIpc) is 2.58. The number of aryl methyl sites for hydroxylation is 1. The molecule has 98 valence electrons. The van der Waals surface area contributed by atoms with Crippen molar-refractivity contribution in [3.63, 3.8) is 0 Å². The van der Waals surface area contributed by atoms with Gasteiger partial charge < -0.3 is 5.73 Å². The molecular formula is C9H17N3O2S3. The molecule has 0 spiro atoms. The molecule has 1 aromatic rings. The second-order valence-corrected chi connectivity index (χ2v) is 7.76. The molecule has 0 fully saturated rings. The Balaban J connectivity index is 2.54. The standard InChI is InChI=1S/C9H17N3O2S3/c1-3-15-6-4-5-11-17(13,14)8-7(2)12-9(10)16-8/h11H,3-6H2,1-2H3,(H2,10,12). The Morgan fingerprint density at radius 2 is 2.24 bits per heavy atom. The van der Waals surface area contributed by atoms with E-state index in [0.29, 0.717) is 12.2 Å². The van der Waals surface area contributed by atoms with Crippen LogP contribution < -0.4 is 10.5 Å². The number of thiazole rings is 1. The molecule has 0 unspecified atom stereocenters. The van der Waals surface area contributed by atoms with Crippen LogP contribution in [-0.2, 0) is 10.0 Å². The Hall–Kier alpha value is -0.310. The van der Waals surface area contributed by atoms with Crippen molar-refractivity contribution in [3.8, 4) is 0 Å². The lowest BCUT2D eigenvalue weighted by Crippen LogP contribution is -2.25. The first-order chi connectivity index (χ1) is 7.97. The van der Waals surface area contributed by atoms with E-state index in [1.165, 1.54) is 0 Å². The average molecular weight is 295 g/mol. The highest BCUT2D eigenvalue weighted by molar-refractivity contribution is 7.99. The number of sulfonamides is 1. The summed E-state index contributed by atoms with van der Waals surface area (Å²) in [5.74, 6) is 2.01. The van der Waals surface area contributed by atoms with Crippen LogP contribution in [0.3, 0.4) is 0 Å². The quantitative estimate of drug-likeness (QED) is 0.744. The van der Waals surface area contributed by atoms with Crippen LogP contribution in [0.4, 0.5) is 5.13 Å². The van der Waals surface area contributed by atoms with Gasteiger partial charge >= 0.3 is 0 Å². The highest BCUT2D eigenvalue weighted by atomic mass is 32.2. The lowest BCUT2D eigenvalue weighted by Gasteiger charge is -2.04. The Labute approximate surface area is 110 Å². The number of nitrogens with zero attached hydrogens (tertiary/aromatic N) is 1. The fraction of sp³-hybridized carbons (Fsp3) is 0.667. The summed E-state index contributed by atoms with van der Waals surface area (Å²) in [6, 6.07) is 0. The highest BCUT2D eigenvalue weighted by Gasteiger charge is 2.20. The monoisotopic (exact) mass is 295 g/mol. The van der Waals surface area contributed by atoms with Gasteiger partial charge in [-0.05, 0) is 24.9 Å². The molecule has 0 aliphatic carbocycles. The first kappa shape index (κ1) is 14.7. The smallest absolute Gasteiger partial charge is 0.252 e. The largest absolute Gasteiger partial charge is 0.375 e. The van der Waals surface area contributed by atoms with Crippen molar-refractivity contribution in [3.05, 3.63) is 5.69 Å². The number of nitrogens with two attached hydrogens (primary N) is 1. The minimum Gasteiger partial charge on any atom is -0.375 e. The summed E-state index contributed by atoms with van der Waals surface area (Å²) in [7, 11) is -3.44. The van der Waals surface area contributed by atoms with Crippen LogP contribution in [0.1, 0.15) is 19.0 Å². The fourth-order valence-corrected chi connectivity index (χ4v) is 4.30. The minimum absolute atomic E-state index is 0.221. The van der Waals surface area contributed by atoms with Crippen molar-refractivity contribution in [2.45, 2.75) is 24.5 Å². The minimum atomic E-state index is -3.44. The maximum absolute atomic E-state index is 11.9. The van der Waals surface area contributed by atoms with E-state index >= 15 is 0 Å². The van der Waals surface area contributed by atoms with Crippen LogP contribution in [0.25, 0.3) is 0 Å². The SMILES string of the molecule is CCSCCCNS(=O)(=O)c1sc(N)nc1C. The number of nitrogen functional groups attached to an aromatic ring is 1. The molecule has 17 heavy (non-hydrogen) atoms. The Kier molecular flexibility index (Phi) is 5.71. The molecule has 0 saturated heterocycles. The van der Waals surface area contributed by atoms with E-state index in [9.17, 15) is 8.42 Å². The molecule has 0 amide bonds. The molecule has 0 aromatic carbocycles. The number of aromatic nitrogens is 1. The van der Waals surface area contributed by atoms with E-state index in [-0.39, 0.29) is 9.34 Å². The Bertz CT molecular complexity index is 456. The molecular weight excluding hydrogens is 278 g/mol.